The average molecular weight is 524 g/mol. The monoisotopic (exact) mass is 523 g/mol. The molecular weight excluding hydrogens is 504 g/mol. The smallest absolute Gasteiger partial charge is 0.314 e. The molecule has 5 heterocycles. The maximum Gasteiger partial charge on any atom is 0.314 e. The van der Waals surface area contributed by atoms with Crippen LogP contribution in [-0.4, -0.2) is 66.7 Å². The third-order valence-electron chi connectivity index (χ3n) is 5.64. The Morgan fingerprint density at radius 1 is 0.946 bits per heavy atom. The summed E-state index contributed by atoms with van der Waals surface area (Å²) in [5, 5.41) is 20.8. The summed E-state index contributed by atoms with van der Waals surface area (Å²) in [6, 6.07) is 11.3. The second kappa shape index (κ2) is 10.1. The number of benzene rings is 1. The van der Waals surface area contributed by atoms with Gasteiger partial charge >= 0.3 is 6.43 Å². The van der Waals surface area contributed by atoms with Gasteiger partial charge in [-0.15, -0.1) is 20.4 Å². The van der Waals surface area contributed by atoms with Gasteiger partial charge in [0.1, 0.15) is 6.54 Å². The molecule has 0 spiro atoms. The van der Waals surface area contributed by atoms with Crippen molar-refractivity contribution in [3.05, 3.63) is 60.4 Å². The number of hydrogen-bond acceptors (Lipinski definition) is 11. The zero-order valence-electron chi connectivity index (χ0n) is 19.2. The average Bonchev–Trinajstić information content (AvgIpc) is 3.71. The molecule has 0 unspecified atom stereocenters. The molecule has 0 atom stereocenters. The minimum absolute atomic E-state index is 0.0200. The van der Waals surface area contributed by atoms with E-state index in [2.05, 4.69) is 40.5 Å². The summed E-state index contributed by atoms with van der Waals surface area (Å²) < 4.78 is 35.7. The van der Waals surface area contributed by atoms with Crippen molar-refractivity contribution >= 4 is 16.5 Å². The fraction of sp³-hybridized carbons (Fsp3) is 0.261. The van der Waals surface area contributed by atoms with Crippen LogP contribution in [0.1, 0.15) is 18.0 Å². The van der Waals surface area contributed by atoms with E-state index in [1.807, 2.05) is 30.5 Å². The Kier molecular flexibility index (Phi) is 6.32. The molecule has 37 heavy (non-hydrogen) atoms. The second-order valence-electron chi connectivity index (χ2n) is 8.12. The maximum absolute atomic E-state index is 12.7. The molecule has 1 aliphatic rings. The van der Waals surface area contributed by atoms with Gasteiger partial charge in [-0.2, -0.15) is 13.6 Å². The molecule has 14 heteroatoms. The largest absolute Gasteiger partial charge is 0.415 e. The number of tetrazole rings is 1. The number of thiazole rings is 1. The number of alkyl halides is 2. The Balaban J connectivity index is 1.15. The van der Waals surface area contributed by atoms with Crippen LogP contribution < -0.4 is 4.90 Å². The van der Waals surface area contributed by atoms with E-state index in [0.717, 1.165) is 34.2 Å². The summed E-state index contributed by atoms with van der Waals surface area (Å²) in [5.74, 6) is -0.259. The number of ether oxygens (including phenoxy) is 1. The fourth-order valence-corrected chi connectivity index (χ4v) is 4.73. The lowest BCUT2D eigenvalue weighted by Gasteiger charge is -2.25. The fourth-order valence-electron chi connectivity index (χ4n) is 3.77. The number of morpholine rings is 1. The molecule has 5 aromatic rings. The van der Waals surface area contributed by atoms with Crippen LogP contribution >= 0.6 is 11.3 Å². The molecule has 0 bridgehead atoms. The predicted molar refractivity (Wildman–Crippen MR) is 129 cm³/mol. The van der Waals surface area contributed by atoms with Gasteiger partial charge in [-0.3, -0.25) is 4.98 Å². The molecule has 1 fully saturated rings. The Labute approximate surface area is 212 Å². The molecule has 0 aliphatic carbocycles. The van der Waals surface area contributed by atoms with Crippen molar-refractivity contribution in [1.29, 1.82) is 0 Å². The highest BCUT2D eigenvalue weighted by Crippen LogP contribution is 2.33. The topological polar surface area (TPSA) is 121 Å². The van der Waals surface area contributed by atoms with Crippen LogP contribution in [0.4, 0.5) is 13.9 Å². The van der Waals surface area contributed by atoms with Crippen LogP contribution in [0.15, 0.2) is 53.2 Å². The van der Waals surface area contributed by atoms with Crippen LogP contribution in [0, 0.1) is 0 Å². The Hall–Kier alpha value is -4.17. The Morgan fingerprint density at radius 3 is 2.59 bits per heavy atom. The third-order valence-corrected chi connectivity index (χ3v) is 6.74. The van der Waals surface area contributed by atoms with E-state index in [-0.39, 0.29) is 12.4 Å². The van der Waals surface area contributed by atoms with E-state index in [0.29, 0.717) is 30.3 Å². The molecule has 11 nitrogen and oxygen atoms in total. The summed E-state index contributed by atoms with van der Waals surface area (Å²) in [4.78, 5) is 13.6. The lowest BCUT2D eigenvalue weighted by atomic mass is 10.1. The molecule has 188 valence electrons. The van der Waals surface area contributed by atoms with Crippen molar-refractivity contribution in [3.8, 4) is 33.3 Å². The minimum Gasteiger partial charge on any atom is -0.415 e. The summed E-state index contributed by atoms with van der Waals surface area (Å²) in [6.45, 7) is 3.39. The van der Waals surface area contributed by atoms with E-state index < -0.39 is 12.3 Å². The molecule has 0 N–H and O–H groups in total. The number of nitrogens with zero attached hydrogens (tertiary/aromatic N) is 9. The zero-order chi connectivity index (χ0) is 25.2. The van der Waals surface area contributed by atoms with Crippen LogP contribution in [-0.2, 0) is 11.3 Å². The van der Waals surface area contributed by atoms with Gasteiger partial charge in [0.25, 0.3) is 5.89 Å². The normalized spacial score (nSPS) is 14.0. The number of anilines is 1. The molecule has 1 aromatic carbocycles. The molecule has 4 aromatic heterocycles. The van der Waals surface area contributed by atoms with Gasteiger partial charge in [-0.25, -0.2) is 4.98 Å². The first-order chi connectivity index (χ1) is 18.1. The third kappa shape index (κ3) is 5.06. The first-order valence-electron chi connectivity index (χ1n) is 11.4. The standard InChI is InChI=1S/C23H19F2N9O2S/c24-19(25)22-30-29-21(36-22)16-4-5-17(26-11-16)13-34-31-20(28-32-34)15-3-1-2-14(10-15)18-12-27-23(37-18)33-6-8-35-9-7-33/h1-5,10-12,19H,6-9,13H2. The number of aromatic nitrogens is 8. The first kappa shape index (κ1) is 23.2. The SMILES string of the molecule is FC(F)c1nnc(-c2ccc(Cn3nnc(-c4cccc(-c5cnc(N6CCOCC6)s5)c4)n3)nc2)o1. The molecule has 1 aliphatic heterocycles. The van der Waals surface area contributed by atoms with E-state index >= 15 is 0 Å². The Morgan fingerprint density at radius 2 is 1.81 bits per heavy atom. The lowest BCUT2D eigenvalue weighted by molar-refractivity contribution is 0.116. The number of pyridine rings is 1. The lowest BCUT2D eigenvalue weighted by Crippen LogP contribution is -2.36. The van der Waals surface area contributed by atoms with Gasteiger partial charge in [-0.1, -0.05) is 29.5 Å². The second-order valence-corrected chi connectivity index (χ2v) is 9.12. The van der Waals surface area contributed by atoms with Crippen molar-refractivity contribution < 1.29 is 17.9 Å². The molecule has 0 radical (unpaired) electrons. The van der Waals surface area contributed by atoms with Crippen LogP contribution in [0.5, 0.6) is 0 Å². The van der Waals surface area contributed by atoms with Crippen molar-refractivity contribution in [2.24, 2.45) is 0 Å². The maximum atomic E-state index is 12.7. The number of halogens is 2. The highest BCUT2D eigenvalue weighted by molar-refractivity contribution is 7.18. The number of rotatable bonds is 7. The quantitative estimate of drug-likeness (QED) is 0.312. The summed E-state index contributed by atoms with van der Waals surface area (Å²) in [7, 11) is 0. The van der Waals surface area contributed by atoms with Crippen LogP contribution in [0.3, 0.4) is 0 Å². The van der Waals surface area contributed by atoms with Crippen molar-refractivity contribution in [3.63, 3.8) is 0 Å². The minimum atomic E-state index is -2.82. The highest BCUT2D eigenvalue weighted by atomic mass is 32.1. The summed E-state index contributed by atoms with van der Waals surface area (Å²) in [5.41, 5.74) is 2.95. The van der Waals surface area contributed by atoms with Crippen LogP contribution in [0.2, 0.25) is 0 Å². The summed E-state index contributed by atoms with van der Waals surface area (Å²) in [6.07, 6.45) is 0.535. The van der Waals surface area contributed by atoms with Crippen molar-refractivity contribution in [2.45, 2.75) is 13.0 Å². The molecule has 1 saturated heterocycles. The predicted octanol–water partition coefficient (Wildman–Crippen LogP) is 3.73. The van der Waals surface area contributed by atoms with Gasteiger partial charge < -0.3 is 14.1 Å². The first-order valence-corrected chi connectivity index (χ1v) is 12.2. The number of hydrogen-bond donors (Lipinski definition) is 0. The Bertz CT molecular complexity index is 1500. The van der Waals surface area contributed by atoms with Gasteiger partial charge in [0.15, 0.2) is 5.13 Å². The van der Waals surface area contributed by atoms with E-state index in [9.17, 15) is 8.78 Å². The van der Waals surface area contributed by atoms with E-state index in [1.165, 1.54) is 11.0 Å². The highest BCUT2D eigenvalue weighted by Gasteiger charge is 2.18. The molecular formula is C23H19F2N9O2S. The van der Waals surface area contributed by atoms with E-state index in [1.54, 1.807) is 23.5 Å². The zero-order valence-corrected chi connectivity index (χ0v) is 20.1. The molecule has 0 saturated carbocycles. The molecule has 6 rings (SSSR count). The van der Waals surface area contributed by atoms with Crippen LogP contribution in [0.25, 0.3) is 33.3 Å². The van der Waals surface area contributed by atoms with Crippen molar-refractivity contribution in [1.82, 2.24) is 40.4 Å². The van der Waals surface area contributed by atoms with Gasteiger partial charge in [-0.05, 0) is 29.0 Å². The van der Waals surface area contributed by atoms with Gasteiger partial charge in [0, 0.05) is 31.0 Å². The van der Waals surface area contributed by atoms with Gasteiger partial charge in [0.05, 0.1) is 29.3 Å². The van der Waals surface area contributed by atoms with E-state index in [4.69, 9.17) is 9.15 Å². The molecule has 0 amide bonds. The summed E-state index contributed by atoms with van der Waals surface area (Å²) >= 11 is 1.64. The van der Waals surface area contributed by atoms with Gasteiger partial charge in [0.2, 0.25) is 11.7 Å². The van der Waals surface area contributed by atoms with Crippen molar-refractivity contribution in [2.75, 3.05) is 31.2 Å².